The van der Waals surface area contributed by atoms with Crippen molar-refractivity contribution in [2.45, 2.75) is 38.3 Å². The summed E-state index contributed by atoms with van der Waals surface area (Å²) < 4.78 is 0. The number of anilines is 2. The van der Waals surface area contributed by atoms with Crippen molar-refractivity contribution in [3.63, 3.8) is 0 Å². The molecule has 25 heavy (non-hydrogen) atoms. The van der Waals surface area contributed by atoms with Crippen LogP contribution in [0.5, 0.6) is 0 Å². The number of amides is 1. The number of pyridine rings is 1. The molecule has 2 aromatic rings. The Bertz CT molecular complexity index is 772. The van der Waals surface area contributed by atoms with E-state index in [0.717, 1.165) is 30.5 Å². The van der Waals surface area contributed by atoms with Crippen molar-refractivity contribution in [1.82, 2.24) is 9.97 Å². The van der Waals surface area contributed by atoms with E-state index in [1.54, 1.807) is 12.4 Å². The Labute approximate surface area is 157 Å². The molecule has 1 atom stereocenters. The molecule has 3 rings (SSSR count). The summed E-state index contributed by atoms with van der Waals surface area (Å²) in [5.74, 6) is -0.496. The van der Waals surface area contributed by atoms with Crippen molar-refractivity contribution < 1.29 is 9.90 Å². The second kappa shape index (κ2) is 7.37. The summed E-state index contributed by atoms with van der Waals surface area (Å²) in [6, 6.07) is 0.0893. The number of rotatable bonds is 3. The Morgan fingerprint density at radius 3 is 2.92 bits per heavy atom. The zero-order valence-electron chi connectivity index (χ0n) is 14.2. The normalized spacial score (nSPS) is 18.1. The lowest BCUT2D eigenvalue weighted by atomic mass is 10.0. The molecule has 7 nitrogen and oxygen atoms in total. The molecule has 1 aliphatic rings. The molecule has 0 saturated carbocycles. The number of hydrogen-bond acceptors (Lipinski definition) is 5. The van der Waals surface area contributed by atoms with Crippen LogP contribution in [0.2, 0.25) is 5.02 Å². The number of nitrogens with zero attached hydrogens (tertiary/aromatic N) is 2. The van der Waals surface area contributed by atoms with E-state index in [2.05, 4.69) is 20.2 Å². The smallest absolute Gasteiger partial charge is 0.255 e. The number of nitrogens with one attached hydrogen (secondary N) is 2. The van der Waals surface area contributed by atoms with Gasteiger partial charge in [0, 0.05) is 25.3 Å². The van der Waals surface area contributed by atoms with Crippen molar-refractivity contribution in [1.29, 1.82) is 0 Å². The van der Waals surface area contributed by atoms with Gasteiger partial charge in [0.15, 0.2) is 0 Å². The largest absolute Gasteiger partial charge is 0.381 e. The van der Waals surface area contributed by atoms with Crippen LogP contribution in [0.15, 0.2) is 12.4 Å². The zero-order chi connectivity index (χ0) is 17.5. The summed E-state index contributed by atoms with van der Waals surface area (Å²) >= 11 is 6.42. The molecule has 0 aromatic carbocycles. The highest BCUT2D eigenvalue weighted by molar-refractivity contribution is 6.35. The second-order valence-electron chi connectivity index (χ2n) is 6.74. The molecule has 5 N–H and O–H groups in total. The lowest BCUT2D eigenvalue weighted by Crippen LogP contribution is -2.43. The number of aromatic nitrogens is 2. The molecule has 2 aromatic heterocycles. The quantitative estimate of drug-likeness (QED) is 0.645. The first-order valence-electron chi connectivity index (χ1n) is 7.97. The van der Waals surface area contributed by atoms with E-state index in [9.17, 15) is 9.90 Å². The van der Waals surface area contributed by atoms with Gasteiger partial charge in [0.25, 0.3) is 5.91 Å². The van der Waals surface area contributed by atoms with E-state index in [-0.39, 0.29) is 18.4 Å². The molecule has 138 valence electrons. The summed E-state index contributed by atoms with van der Waals surface area (Å²) in [7, 11) is 0. The minimum Gasteiger partial charge on any atom is -0.381 e. The van der Waals surface area contributed by atoms with Gasteiger partial charge in [-0.05, 0) is 26.7 Å². The minimum absolute atomic E-state index is 0. The van der Waals surface area contributed by atoms with Gasteiger partial charge in [0.1, 0.15) is 11.2 Å². The number of hydrogen-bond donors (Lipinski definition) is 4. The Morgan fingerprint density at radius 1 is 1.56 bits per heavy atom. The molecule has 1 saturated heterocycles. The zero-order valence-corrected chi connectivity index (χ0v) is 15.7. The molecule has 9 heteroatoms. The number of halogens is 2. The van der Waals surface area contributed by atoms with Gasteiger partial charge in [-0.15, -0.1) is 12.4 Å². The molecule has 0 bridgehead atoms. The van der Waals surface area contributed by atoms with Crippen LogP contribution in [0.3, 0.4) is 0 Å². The van der Waals surface area contributed by atoms with Crippen LogP contribution in [0.4, 0.5) is 11.4 Å². The van der Waals surface area contributed by atoms with E-state index < -0.39 is 11.5 Å². The van der Waals surface area contributed by atoms with Crippen molar-refractivity contribution in [3.05, 3.63) is 17.4 Å². The standard InChI is InChI=1S/C16H22ClN5O2.ClH/c1-16(2,24)15(23)21-11-7-20-14-12(11)13(10(17)6-19-14)22-5-3-4-9(18)8-22;/h6-7,9,24H,3-5,8,18H2,1-2H3,(H,19,20)(H,21,23);1H/t9-;/m1./s1. The topological polar surface area (TPSA) is 107 Å². The highest BCUT2D eigenvalue weighted by Crippen LogP contribution is 2.38. The van der Waals surface area contributed by atoms with Crippen molar-refractivity contribution in [2.75, 3.05) is 23.3 Å². The Balaban J connectivity index is 0.00000225. The number of fused-ring (bicyclic) bond motifs is 1. The van der Waals surface area contributed by atoms with E-state index in [0.29, 0.717) is 22.9 Å². The predicted molar refractivity (Wildman–Crippen MR) is 103 cm³/mol. The molecule has 3 heterocycles. The number of carbonyl (C=O) groups excluding carboxylic acids is 1. The van der Waals surface area contributed by atoms with E-state index in [4.69, 9.17) is 17.3 Å². The first kappa shape index (κ1) is 19.8. The van der Waals surface area contributed by atoms with Crippen LogP contribution in [0, 0.1) is 0 Å². The highest BCUT2D eigenvalue weighted by Gasteiger charge is 2.27. The van der Waals surface area contributed by atoms with Crippen LogP contribution in [0.1, 0.15) is 26.7 Å². The fourth-order valence-electron chi connectivity index (χ4n) is 2.95. The number of piperidine rings is 1. The highest BCUT2D eigenvalue weighted by atomic mass is 35.5. The number of aromatic amines is 1. The third kappa shape index (κ3) is 4.00. The van der Waals surface area contributed by atoms with Crippen molar-refractivity contribution in [2.24, 2.45) is 5.73 Å². The fraction of sp³-hybridized carbons (Fsp3) is 0.500. The Morgan fingerprint density at radius 2 is 2.28 bits per heavy atom. The fourth-order valence-corrected chi connectivity index (χ4v) is 3.21. The van der Waals surface area contributed by atoms with Crippen LogP contribution in [-0.2, 0) is 4.79 Å². The second-order valence-corrected chi connectivity index (χ2v) is 7.15. The van der Waals surface area contributed by atoms with Gasteiger partial charge in [0.2, 0.25) is 0 Å². The van der Waals surface area contributed by atoms with E-state index in [1.807, 2.05) is 0 Å². The van der Waals surface area contributed by atoms with Gasteiger partial charge in [-0.1, -0.05) is 11.6 Å². The van der Waals surface area contributed by atoms with Gasteiger partial charge in [-0.2, -0.15) is 0 Å². The molecule has 1 aliphatic heterocycles. The summed E-state index contributed by atoms with van der Waals surface area (Å²) in [4.78, 5) is 21.6. The molecular weight excluding hydrogens is 365 g/mol. The maximum atomic E-state index is 12.1. The van der Waals surface area contributed by atoms with Crippen LogP contribution < -0.4 is 16.0 Å². The first-order valence-corrected chi connectivity index (χ1v) is 8.35. The van der Waals surface area contributed by atoms with Crippen molar-refractivity contribution >= 4 is 52.3 Å². The predicted octanol–water partition coefficient (Wildman–Crippen LogP) is 2.27. The van der Waals surface area contributed by atoms with Crippen LogP contribution >= 0.6 is 24.0 Å². The third-order valence-electron chi connectivity index (χ3n) is 4.21. The SMILES string of the molecule is CC(C)(O)C(=O)Nc1c[nH]c2ncc(Cl)c(N3CCC[C@@H](N)C3)c12.Cl. The molecule has 0 spiro atoms. The van der Waals surface area contributed by atoms with E-state index >= 15 is 0 Å². The first-order chi connectivity index (χ1) is 11.3. The monoisotopic (exact) mass is 387 g/mol. The lowest BCUT2D eigenvalue weighted by molar-refractivity contribution is -0.130. The number of H-pyrrole nitrogens is 1. The lowest BCUT2D eigenvalue weighted by Gasteiger charge is -2.33. The molecule has 0 aliphatic carbocycles. The molecule has 1 fully saturated rings. The van der Waals surface area contributed by atoms with Gasteiger partial charge in [0.05, 0.1) is 28.0 Å². The molecule has 1 amide bonds. The average Bonchev–Trinajstić information content (AvgIpc) is 2.89. The summed E-state index contributed by atoms with van der Waals surface area (Å²) in [6.45, 7) is 4.42. The van der Waals surface area contributed by atoms with Gasteiger partial charge in [-0.25, -0.2) is 4.98 Å². The van der Waals surface area contributed by atoms with Crippen molar-refractivity contribution in [3.8, 4) is 0 Å². The Kier molecular flexibility index (Phi) is 5.83. The number of nitrogens with two attached hydrogens (primary N) is 1. The van der Waals surface area contributed by atoms with Gasteiger partial charge >= 0.3 is 0 Å². The molecule has 0 radical (unpaired) electrons. The molecular formula is C16H23Cl2N5O2. The number of aliphatic hydroxyl groups is 1. The maximum Gasteiger partial charge on any atom is 0.255 e. The van der Waals surface area contributed by atoms with Gasteiger partial charge < -0.3 is 26.0 Å². The minimum atomic E-state index is -1.48. The van der Waals surface area contributed by atoms with E-state index in [1.165, 1.54) is 13.8 Å². The summed E-state index contributed by atoms with van der Waals surface area (Å²) in [5, 5.41) is 13.9. The average molecular weight is 388 g/mol. The van der Waals surface area contributed by atoms with Gasteiger partial charge in [-0.3, -0.25) is 4.79 Å². The van der Waals surface area contributed by atoms with Crippen LogP contribution in [0.25, 0.3) is 11.0 Å². The summed E-state index contributed by atoms with van der Waals surface area (Å²) in [5.41, 5.74) is 6.59. The molecule has 0 unspecified atom stereocenters. The third-order valence-corrected chi connectivity index (χ3v) is 4.48. The summed E-state index contributed by atoms with van der Waals surface area (Å²) in [6.07, 6.45) is 5.22. The van der Waals surface area contributed by atoms with Crippen LogP contribution in [-0.4, -0.2) is 45.7 Å². The maximum absolute atomic E-state index is 12.1. The number of carbonyl (C=O) groups is 1. The Hall–Kier alpha value is -1.54.